The maximum atomic E-state index is 11.2. The fourth-order valence-electron chi connectivity index (χ4n) is 8.59. The number of aromatic nitrogens is 4. The Morgan fingerprint density at radius 2 is 1.52 bits per heavy atom. The molecule has 2 saturated heterocycles. The number of imidazole rings is 1. The molecule has 13 nitrogen and oxygen atoms in total. The van der Waals surface area contributed by atoms with E-state index in [2.05, 4.69) is 60.8 Å². The number of hydroxylamine groups is 2. The van der Waals surface area contributed by atoms with E-state index in [1.54, 1.807) is 12.7 Å². The summed E-state index contributed by atoms with van der Waals surface area (Å²) in [6.07, 6.45) is 26.6. The molecule has 3 fully saturated rings. The summed E-state index contributed by atoms with van der Waals surface area (Å²) >= 11 is 0. The first kappa shape index (κ1) is 46.6. The van der Waals surface area contributed by atoms with Gasteiger partial charge in [0.25, 0.3) is 0 Å². The highest BCUT2D eigenvalue weighted by molar-refractivity contribution is 6.74. The van der Waals surface area contributed by atoms with Crippen LogP contribution in [0.3, 0.4) is 0 Å². The summed E-state index contributed by atoms with van der Waals surface area (Å²) in [7, 11) is 3.17. The summed E-state index contributed by atoms with van der Waals surface area (Å²) in [5, 5.41) is 2.28. The fourth-order valence-corrected chi connectivity index (χ4v) is 10.0. The minimum atomic E-state index is -2.15. The van der Waals surface area contributed by atoms with Crippen LogP contribution < -0.4 is 0 Å². The molecule has 3 aliphatic rings. The molecule has 1 saturated carbocycles. The van der Waals surface area contributed by atoms with Crippen molar-refractivity contribution in [3.05, 3.63) is 12.7 Å². The lowest BCUT2D eigenvalue weighted by Gasteiger charge is -2.67. The van der Waals surface area contributed by atoms with Gasteiger partial charge in [-0.15, -0.1) is 0 Å². The standard InChI is InChI=1S/C44H77N7O6Si/c1-10-11-12-25-28-50(29-26-23-21-19-17-15-13-14-16-18-20-22-24-27-35(52)53-7)54-31-43-30-44(57-58(8,9)42(2,3)4)38(43)37(55-44)41(56-43)51-34-47-36-39(48-33-49(5)6)45-32-46-40(36)51/h32-34,37-38,41H,10-31H2,1-9H3/t37?,38?,41-,43-,44+/m1/s1. The van der Waals surface area contributed by atoms with Crippen LogP contribution in [-0.4, -0.2) is 109 Å². The first-order chi connectivity index (χ1) is 27.8. The summed E-state index contributed by atoms with van der Waals surface area (Å²) in [5.41, 5.74) is 0.775. The van der Waals surface area contributed by atoms with E-state index in [9.17, 15) is 4.79 Å². The Labute approximate surface area is 350 Å². The quantitative estimate of drug-likeness (QED) is 0.0194. The number of hydrogen-bond acceptors (Lipinski definition) is 11. The molecular formula is C44H77N7O6Si. The Bertz CT molecular complexity index is 1600. The number of aliphatic imine (C=N–C) groups is 1. The van der Waals surface area contributed by atoms with Crippen LogP contribution in [0.2, 0.25) is 18.1 Å². The van der Waals surface area contributed by atoms with Crippen molar-refractivity contribution in [2.24, 2.45) is 10.9 Å². The van der Waals surface area contributed by atoms with Crippen LogP contribution in [0, 0.1) is 5.92 Å². The van der Waals surface area contributed by atoms with Crippen LogP contribution in [0.25, 0.3) is 11.2 Å². The van der Waals surface area contributed by atoms with Crippen LogP contribution in [0.5, 0.6) is 0 Å². The molecule has 1 aliphatic carbocycles. The number of carbonyl (C=O) groups is 1. The lowest BCUT2D eigenvalue weighted by atomic mass is 9.59. The molecule has 5 atom stereocenters. The molecule has 58 heavy (non-hydrogen) atoms. The van der Waals surface area contributed by atoms with Crippen LogP contribution in [0.15, 0.2) is 17.6 Å². The van der Waals surface area contributed by atoms with E-state index < -0.39 is 25.9 Å². The number of methoxy groups -OCH3 is 1. The maximum Gasteiger partial charge on any atom is 0.305 e. The highest BCUT2D eigenvalue weighted by Crippen LogP contribution is 2.71. The number of esters is 1. The molecule has 2 aromatic heterocycles. The number of nitrogens with zero attached hydrogens (tertiary/aromatic N) is 7. The molecule has 0 N–H and O–H groups in total. The summed E-state index contributed by atoms with van der Waals surface area (Å²) in [6, 6.07) is 0. The molecular weight excluding hydrogens is 751 g/mol. The summed E-state index contributed by atoms with van der Waals surface area (Å²) in [5.74, 6) is -0.176. The first-order valence-corrected chi connectivity index (χ1v) is 25.6. The van der Waals surface area contributed by atoms with Gasteiger partial charge in [-0.1, -0.05) is 118 Å². The van der Waals surface area contributed by atoms with E-state index in [1.807, 2.05) is 23.6 Å². The van der Waals surface area contributed by atoms with Gasteiger partial charge in [0.2, 0.25) is 0 Å². The number of hydrogen-bond donors (Lipinski definition) is 0. The van der Waals surface area contributed by atoms with Gasteiger partial charge in [0.05, 0.1) is 32.3 Å². The number of ether oxygens (including phenoxy) is 3. The van der Waals surface area contributed by atoms with Crippen molar-refractivity contribution in [1.82, 2.24) is 29.5 Å². The van der Waals surface area contributed by atoms with Crippen LogP contribution in [0.4, 0.5) is 5.82 Å². The van der Waals surface area contributed by atoms with Gasteiger partial charge in [0.15, 0.2) is 37.3 Å². The highest BCUT2D eigenvalue weighted by Gasteiger charge is 2.83. The molecule has 14 heteroatoms. The average Bonchev–Trinajstić information content (AvgIpc) is 3.64. The second kappa shape index (κ2) is 21.3. The minimum absolute atomic E-state index is 0.0459. The molecule has 2 unspecified atom stereocenters. The number of unbranched alkanes of at least 4 members (excludes halogenated alkanes) is 15. The van der Waals surface area contributed by atoms with Crippen molar-refractivity contribution in [3.63, 3.8) is 0 Å². The Balaban J connectivity index is 1.14. The van der Waals surface area contributed by atoms with Crippen LogP contribution in [-0.2, 0) is 28.3 Å². The Morgan fingerprint density at radius 1 is 0.914 bits per heavy atom. The van der Waals surface area contributed by atoms with Crippen LogP contribution in [0.1, 0.15) is 156 Å². The van der Waals surface area contributed by atoms with Gasteiger partial charge in [-0.2, -0.15) is 5.06 Å². The lowest BCUT2D eigenvalue weighted by molar-refractivity contribution is -0.431. The molecule has 328 valence electrons. The van der Waals surface area contributed by atoms with Crippen molar-refractivity contribution < 1.29 is 28.3 Å². The normalized spacial score (nSPS) is 24.1. The zero-order chi connectivity index (χ0) is 41.8. The number of rotatable bonds is 29. The van der Waals surface area contributed by atoms with Gasteiger partial charge in [-0.25, -0.2) is 19.9 Å². The molecule has 2 aliphatic heterocycles. The second-order valence-electron chi connectivity index (χ2n) is 18.9. The van der Waals surface area contributed by atoms with Gasteiger partial charge in [-0.3, -0.25) is 14.2 Å². The lowest BCUT2D eigenvalue weighted by Crippen LogP contribution is -2.80. The molecule has 4 heterocycles. The summed E-state index contributed by atoms with van der Waals surface area (Å²) in [4.78, 5) is 38.2. The fraction of sp³-hybridized carbons (Fsp3) is 0.841. The van der Waals surface area contributed by atoms with Crippen molar-refractivity contribution >= 4 is 37.6 Å². The van der Waals surface area contributed by atoms with E-state index in [1.165, 1.54) is 96.9 Å². The minimum Gasteiger partial charge on any atom is -0.469 e. The topological polar surface area (TPSA) is 126 Å². The second-order valence-corrected chi connectivity index (χ2v) is 23.6. The van der Waals surface area contributed by atoms with Gasteiger partial charge < -0.3 is 23.5 Å². The SMILES string of the molecule is CCCCCCN(CCCCCCCCCCCCCCCC(=O)OC)OC[C@]12C[C@@]3(O[Si](C)(C)C(C)(C)C)OC(C13)[C@H](n1cnc3c(N=CN(C)C)ncnc31)O2. The zero-order valence-electron chi connectivity index (χ0n) is 37.6. The van der Waals surface area contributed by atoms with E-state index in [4.69, 9.17) is 28.5 Å². The van der Waals surface area contributed by atoms with Crippen molar-refractivity contribution in [3.8, 4) is 0 Å². The van der Waals surface area contributed by atoms with E-state index in [0.29, 0.717) is 36.4 Å². The van der Waals surface area contributed by atoms with E-state index in [-0.39, 0.29) is 23.0 Å². The molecule has 0 bridgehead atoms. The summed E-state index contributed by atoms with van der Waals surface area (Å²) < 4.78 is 27.7. The van der Waals surface area contributed by atoms with E-state index >= 15 is 0 Å². The Kier molecular flexibility index (Phi) is 17.1. The monoisotopic (exact) mass is 828 g/mol. The van der Waals surface area contributed by atoms with Gasteiger partial charge in [0, 0.05) is 40.0 Å². The highest BCUT2D eigenvalue weighted by atomic mass is 28.4. The van der Waals surface area contributed by atoms with Crippen molar-refractivity contribution in [2.75, 3.05) is 40.9 Å². The van der Waals surface area contributed by atoms with Crippen molar-refractivity contribution in [2.45, 2.75) is 192 Å². The predicted octanol–water partition coefficient (Wildman–Crippen LogP) is 9.90. The number of carbonyl (C=O) groups excluding carboxylic acids is 1. The third-order valence-corrected chi connectivity index (χ3v) is 17.4. The molecule has 0 radical (unpaired) electrons. The Morgan fingerprint density at radius 3 is 2.10 bits per heavy atom. The first-order valence-electron chi connectivity index (χ1n) is 22.6. The molecule has 2 aromatic rings. The molecule has 0 amide bonds. The third kappa shape index (κ3) is 11.7. The zero-order valence-corrected chi connectivity index (χ0v) is 38.6. The molecule has 0 aromatic carbocycles. The maximum absolute atomic E-state index is 11.2. The molecule has 5 rings (SSSR count). The predicted molar refractivity (Wildman–Crippen MR) is 232 cm³/mol. The number of fused-ring (bicyclic) bond motifs is 1. The largest absolute Gasteiger partial charge is 0.469 e. The Hall–Kier alpha value is -2.49. The smallest absolute Gasteiger partial charge is 0.305 e. The van der Waals surface area contributed by atoms with Gasteiger partial charge in [-0.05, 0) is 37.4 Å². The molecule has 0 spiro atoms. The third-order valence-electron chi connectivity index (χ3n) is 12.9. The average molecular weight is 828 g/mol. The van der Waals surface area contributed by atoms with Gasteiger partial charge >= 0.3 is 5.97 Å². The van der Waals surface area contributed by atoms with Crippen LogP contribution >= 0.6 is 0 Å². The van der Waals surface area contributed by atoms with Crippen molar-refractivity contribution in [1.29, 1.82) is 0 Å². The van der Waals surface area contributed by atoms with Gasteiger partial charge in [0.1, 0.15) is 18.0 Å². The van der Waals surface area contributed by atoms with E-state index in [0.717, 1.165) is 38.8 Å². The summed E-state index contributed by atoms with van der Waals surface area (Å²) in [6.45, 7) is 16.0.